The van der Waals surface area contributed by atoms with E-state index in [0.717, 1.165) is 28.7 Å². The van der Waals surface area contributed by atoms with E-state index in [-0.39, 0.29) is 30.7 Å². The molecule has 1 aliphatic rings. The Morgan fingerprint density at radius 3 is 2.55 bits per heavy atom. The van der Waals surface area contributed by atoms with Crippen LogP contribution < -0.4 is 15.0 Å². The van der Waals surface area contributed by atoms with Gasteiger partial charge in [-0.3, -0.25) is 14.2 Å². The number of halogens is 1. The summed E-state index contributed by atoms with van der Waals surface area (Å²) < 4.78 is 8.34. The van der Waals surface area contributed by atoms with Crippen molar-refractivity contribution in [3.8, 4) is 11.4 Å². The van der Waals surface area contributed by atoms with Gasteiger partial charge < -0.3 is 15.0 Å². The zero-order valence-electron chi connectivity index (χ0n) is 20.5. The molecule has 38 heavy (non-hydrogen) atoms. The van der Waals surface area contributed by atoms with E-state index in [0.29, 0.717) is 23.3 Å². The normalized spacial score (nSPS) is 12.6. The van der Waals surface area contributed by atoms with Gasteiger partial charge in [0.1, 0.15) is 5.75 Å². The number of hydrogen-bond acceptors (Lipinski definition) is 6. The molecular formula is C28H26BrN5O3S. The number of aryl methyl sites for hydroxylation is 1. The van der Waals surface area contributed by atoms with Crippen LogP contribution in [0.2, 0.25) is 0 Å². The Morgan fingerprint density at radius 2 is 1.74 bits per heavy atom. The van der Waals surface area contributed by atoms with Crippen molar-refractivity contribution < 1.29 is 14.3 Å². The molecule has 5 rings (SSSR count). The van der Waals surface area contributed by atoms with Gasteiger partial charge in [-0.1, -0.05) is 64.1 Å². The highest BCUT2D eigenvalue weighted by Crippen LogP contribution is 2.29. The average Bonchev–Trinajstić information content (AvgIpc) is 3.37. The van der Waals surface area contributed by atoms with Gasteiger partial charge in [0.25, 0.3) is 5.91 Å². The van der Waals surface area contributed by atoms with Crippen LogP contribution in [0.5, 0.6) is 5.75 Å². The number of thioether (sulfide) groups is 1. The molecule has 1 aromatic heterocycles. The minimum absolute atomic E-state index is 0.0282. The van der Waals surface area contributed by atoms with Gasteiger partial charge in [0.05, 0.1) is 12.3 Å². The van der Waals surface area contributed by atoms with Gasteiger partial charge >= 0.3 is 0 Å². The monoisotopic (exact) mass is 591 g/mol. The quantitative estimate of drug-likeness (QED) is 0.281. The number of aromatic nitrogens is 3. The van der Waals surface area contributed by atoms with Gasteiger partial charge in [0, 0.05) is 22.4 Å². The van der Waals surface area contributed by atoms with E-state index in [1.807, 2.05) is 70.1 Å². The zero-order valence-corrected chi connectivity index (χ0v) is 23.0. The smallest absolute Gasteiger partial charge is 0.258 e. The third kappa shape index (κ3) is 6.25. The fourth-order valence-electron chi connectivity index (χ4n) is 4.25. The number of amides is 2. The van der Waals surface area contributed by atoms with Crippen LogP contribution in [0.3, 0.4) is 0 Å². The van der Waals surface area contributed by atoms with E-state index >= 15 is 0 Å². The highest BCUT2D eigenvalue weighted by molar-refractivity contribution is 9.10. The lowest BCUT2D eigenvalue weighted by Crippen LogP contribution is -2.36. The van der Waals surface area contributed by atoms with Crippen molar-refractivity contribution in [3.05, 3.63) is 94.7 Å². The number of nitrogens with zero attached hydrogens (tertiary/aromatic N) is 4. The Balaban J connectivity index is 1.28. The van der Waals surface area contributed by atoms with E-state index < -0.39 is 0 Å². The second kappa shape index (κ2) is 12.3. The molecule has 194 valence electrons. The molecule has 2 amide bonds. The van der Waals surface area contributed by atoms with Crippen LogP contribution >= 0.6 is 27.7 Å². The molecule has 0 aliphatic carbocycles. The minimum atomic E-state index is -0.271. The third-order valence-electron chi connectivity index (χ3n) is 6.08. The highest BCUT2D eigenvalue weighted by Gasteiger charge is 2.23. The molecule has 0 saturated heterocycles. The first kappa shape index (κ1) is 26.0. The first-order valence-corrected chi connectivity index (χ1v) is 14.0. The van der Waals surface area contributed by atoms with Crippen LogP contribution in [0.15, 0.2) is 88.5 Å². The largest absolute Gasteiger partial charge is 0.484 e. The molecule has 0 bridgehead atoms. The third-order valence-corrected chi connectivity index (χ3v) is 7.52. The maximum atomic E-state index is 13.2. The Hall–Kier alpha value is -3.63. The molecule has 0 unspecified atom stereocenters. The summed E-state index contributed by atoms with van der Waals surface area (Å²) in [5.74, 6) is 1.16. The van der Waals surface area contributed by atoms with Gasteiger partial charge in [-0.2, -0.15) is 0 Å². The summed E-state index contributed by atoms with van der Waals surface area (Å²) >= 11 is 4.81. The lowest BCUT2D eigenvalue weighted by Gasteiger charge is -2.29. The SMILES string of the molecule is O=C(COc1ccccc1)NCc1nnc(SCC(=O)N2CCCc3ccccc32)n1-c1ccc(Br)cc1. The first-order valence-electron chi connectivity index (χ1n) is 12.2. The minimum Gasteiger partial charge on any atom is -0.484 e. The van der Waals surface area contributed by atoms with E-state index in [2.05, 4.69) is 37.5 Å². The molecular weight excluding hydrogens is 566 g/mol. The summed E-state index contributed by atoms with van der Waals surface area (Å²) in [6.45, 7) is 0.760. The van der Waals surface area contributed by atoms with E-state index in [9.17, 15) is 9.59 Å². The van der Waals surface area contributed by atoms with Crippen LogP contribution in [-0.2, 0) is 22.6 Å². The van der Waals surface area contributed by atoms with Gasteiger partial charge in [-0.05, 0) is 60.9 Å². The number of rotatable bonds is 9. The molecule has 1 aliphatic heterocycles. The topological polar surface area (TPSA) is 89.3 Å². The molecule has 10 heteroatoms. The van der Waals surface area contributed by atoms with Crippen molar-refractivity contribution >= 4 is 45.2 Å². The number of hydrogen-bond donors (Lipinski definition) is 1. The predicted octanol–water partition coefficient (Wildman–Crippen LogP) is 4.80. The number of carbonyl (C=O) groups excluding carboxylic acids is 2. The molecule has 1 N–H and O–H groups in total. The Bertz CT molecular complexity index is 1410. The number of anilines is 1. The summed E-state index contributed by atoms with van der Waals surface area (Å²) in [6.07, 6.45) is 1.93. The molecule has 0 atom stereocenters. The van der Waals surface area contributed by atoms with Crippen LogP contribution in [0.1, 0.15) is 17.8 Å². The van der Waals surface area contributed by atoms with Crippen molar-refractivity contribution in [2.75, 3.05) is 23.8 Å². The Morgan fingerprint density at radius 1 is 0.974 bits per heavy atom. The van der Waals surface area contributed by atoms with Gasteiger partial charge in [-0.25, -0.2) is 0 Å². The second-order valence-electron chi connectivity index (χ2n) is 8.66. The molecule has 2 heterocycles. The van der Waals surface area contributed by atoms with Crippen molar-refractivity contribution in [2.24, 2.45) is 0 Å². The summed E-state index contributed by atoms with van der Waals surface area (Å²) in [5, 5.41) is 12.1. The second-order valence-corrected chi connectivity index (χ2v) is 10.5. The molecule has 0 spiro atoms. The van der Waals surface area contributed by atoms with Crippen LogP contribution in [0, 0.1) is 0 Å². The van der Waals surface area contributed by atoms with Crippen molar-refractivity contribution in [1.82, 2.24) is 20.1 Å². The lowest BCUT2D eigenvalue weighted by atomic mass is 10.0. The predicted molar refractivity (Wildman–Crippen MR) is 151 cm³/mol. The standard InChI is InChI=1S/C28H26BrN5O3S/c29-21-12-14-22(15-13-21)34-25(17-30-26(35)18-37-23-9-2-1-3-10-23)31-32-28(34)38-19-27(36)33-16-6-8-20-7-4-5-11-24(20)33/h1-5,7,9-15H,6,8,16-19H2,(H,30,35). The maximum absolute atomic E-state index is 13.2. The van der Waals surface area contributed by atoms with Crippen molar-refractivity contribution in [3.63, 3.8) is 0 Å². The molecule has 8 nitrogen and oxygen atoms in total. The summed E-state index contributed by atoms with van der Waals surface area (Å²) in [5.41, 5.74) is 3.02. The lowest BCUT2D eigenvalue weighted by molar-refractivity contribution is -0.123. The fourth-order valence-corrected chi connectivity index (χ4v) is 5.36. The van der Waals surface area contributed by atoms with Crippen LogP contribution in [0.4, 0.5) is 5.69 Å². The van der Waals surface area contributed by atoms with Gasteiger partial charge in [0.2, 0.25) is 5.91 Å². The Kier molecular flexibility index (Phi) is 8.40. The molecule has 4 aromatic rings. The van der Waals surface area contributed by atoms with Crippen molar-refractivity contribution in [1.29, 1.82) is 0 Å². The average molecular weight is 593 g/mol. The van der Waals surface area contributed by atoms with Gasteiger partial charge in [-0.15, -0.1) is 10.2 Å². The summed E-state index contributed by atoms with van der Waals surface area (Å²) in [7, 11) is 0. The van der Waals surface area contributed by atoms with Crippen molar-refractivity contribution in [2.45, 2.75) is 24.5 Å². The number of carbonyl (C=O) groups is 2. The molecule has 3 aromatic carbocycles. The Labute approximate surface area is 233 Å². The van der Waals surface area contributed by atoms with E-state index in [1.54, 1.807) is 12.1 Å². The summed E-state index contributed by atoms with van der Waals surface area (Å²) in [6, 6.07) is 25.0. The van der Waals surface area contributed by atoms with Gasteiger partial charge in [0.15, 0.2) is 17.6 Å². The van der Waals surface area contributed by atoms with E-state index in [4.69, 9.17) is 4.74 Å². The van der Waals surface area contributed by atoms with Crippen LogP contribution in [0.25, 0.3) is 5.69 Å². The number of benzene rings is 3. The summed E-state index contributed by atoms with van der Waals surface area (Å²) in [4.78, 5) is 27.5. The van der Waals surface area contributed by atoms with E-state index in [1.165, 1.54) is 17.3 Å². The highest BCUT2D eigenvalue weighted by atomic mass is 79.9. The maximum Gasteiger partial charge on any atom is 0.258 e. The fraction of sp³-hybridized carbons (Fsp3) is 0.214. The first-order chi connectivity index (χ1) is 18.6. The van der Waals surface area contributed by atoms with Crippen LogP contribution in [-0.4, -0.2) is 45.5 Å². The number of ether oxygens (including phenoxy) is 1. The number of fused-ring (bicyclic) bond motifs is 1. The molecule has 0 radical (unpaired) electrons. The molecule has 0 fully saturated rings. The molecule has 0 saturated carbocycles. The zero-order chi connectivity index (χ0) is 26.3. The number of nitrogens with one attached hydrogen (secondary N) is 1. The number of para-hydroxylation sites is 2.